The first-order valence-corrected chi connectivity index (χ1v) is 11.0. The van der Waals surface area contributed by atoms with Crippen LogP contribution in [0.3, 0.4) is 0 Å². The van der Waals surface area contributed by atoms with Crippen molar-refractivity contribution in [1.82, 2.24) is 9.55 Å². The summed E-state index contributed by atoms with van der Waals surface area (Å²) in [7, 11) is 0. The smallest absolute Gasteiger partial charge is 0.351 e. The van der Waals surface area contributed by atoms with Gasteiger partial charge in [-0.1, -0.05) is 33.1 Å². The minimum Gasteiger partial charge on any atom is -0.459 e. The second-order valence-corrected chi connectivity index (χ2v) is 8.61. The fraction of sp³-hybridized carbons (Fsp3) is 0.714. The van der Waals surface area contributed by atoms with Crippen molar-refractivity contribution < 1.29 is 38.4 Å². The first-order valence-electron chi connectivity index (χ1n) is 11.0. The average molecular weight is 471 g/mol. The monoisotopic (exact) mass is 471 g/mol. The Morgan fingerprint density at radius 1 is 1.30 bits per heavy atom. The molecule has 0 unspecified atom stereocenters. The average Bonchev–Trinajstić information content (AvgIpc) is 3.02. The van der Waals surface area contributed by atoms with Crippen molar-refractivity contribution in [3.05, 3.63) is 22.7 Å². The van der Waals surface area contributed by atoms with Crippen molar-refractivity contribution in [2.75, 3.05) is 18.7 Å². The van der Waals surface area contributed by atoms with E-state index in [9.17, 15) is 24.6 Å². The van der Waals surface area contributed by atoms with Crippen molar-refractivity contribution in [2.24, 2.45) is 11.8 Å². The van der Waals surface area contributed by atoms with Crippen LogP contribution in [0.2, 0.25) is 0 Å². The predicted octanol–water partition coefficient (Wildman–Crippen LogP) is 0.852. The number of rotatable bonds is 8. The highest BCUT2D eigenvalue weighted by atomic mass is 19.2. The van der Waals surface area contributed by atoms with Crippen LogP contribution in [0.4, 0.5) is 10.2 Å². The number of alkyl halides is 1. The molecule has 0 spiro atoms. The second-order valence-electron chi connectivity index (χ2n) is 8.61. The summed E-state index contributed by atoms with van der Waals surface area (Å²) in [5.74, 6) is -4.46. The quantitative estimate of drug-likeness (QED) is 0.368. The number of nitrogens with zero attached hydrogens (tertiary/aromatic N) is 2. The van der Waals surface area contributed by atoms with Crippen LogP contribution in [-0.4, -0.2) is 63.1 Å². The Kier molecular flexibility index (Phi) is 8.03. The number of aliphatic hydroxyl groups is 2. The van der Waals surface area contributed by atoms with E-state index in [1.807, 2.05) is 0 Å². The van der Waals surface area contributed by atoms with E-state index in [0.29, 0.717) is 0 Å². The highest BCUT2D eigenvalue weighted by Crippen LogP contribution is 2.38. The van der Waals surface area contributed by atoms with Crippen LogP contribution in [0.1, 0.15) is 52.2 Å². The standard InChI is InChI=1S/C21H30FN3O8/c1-12(2)18(28)31-10-21(22)16(27)15(26)17(33-21)25-9-8-14(24-20(25)30)23-11-32-19(29)13-6-4-3-5-7-13/h8-9,12-13,15-17,26-27H,3-7,10-11H2,1-2H3,(H,23,24,30)/t15-,16+,17-,21-/m1/s1. The zero-order valence-corrected chi connectivity index (χ0v) is 18.6. The summed E-state index contributed by atoms with van der Waals surface area (Å²) >= 11 is 0. The maximum atomic E-state index is 15.0. The van der Waals surface area contributed by atoms with Crippen molar-refractivity contribution in [3.8, 4) is 0 Å². The van der Waals surface area contributed by atoms with E-state index in [-0.39, 0.29) is 24.4 Å². The molecule has 2 aliphatic rings. The molecule has 1 aliphatic heterocycles. The highest BCUT2D eigenvalue weighted by molar-refractivity contribution is 5.72. The molecule has 0 bridgehead atoms. The van der Waals surface area contributed by atoms with Gasteiger partial charge in [-0.15, -0.1) is 0 Å². The second kappa shape index (κ2) is 10.6. The largest absolute Gasteiger partial charge is 0.459 e. The third-order valence-corrected chi connectivity index (χ3v) is 5.77. The molecule has 1 saturated heterocycles. The molecule has 1 aliphatic carbocycles. The maximum Gasteiger partial charge on any atom is 0.351 e. The van der Waals surface area contributed by atoms with Gasteiger partial charge in [-0.2, -0.15) is 4.98 Å². The number of anilines is 1. The molecule has 1 aromatic heterocycles. The van der Waals surface area contributed by atoms with Gasteiger partial charge in [-0.3, -0.25) is 14.2 Å². The Balaban J connectivity index is 1.59. The molecule has 11 nitrogen and oxygen atoms in total. The summed E-state index contributed by atoms with van der Waals surface area (Å²) in [6.07, 6.45) is 0.423. The number of ether oxygens (including phenoxy) is 3. The van der Waals surface area contributed by atoms with E-state index in [0.717, 1.165) is 36.7 Å². The van der Waals surface area contributed by atoms with Gasteiger partial charge in [0.05, 0.1) is 11.8 Å². The first kappa shape index (κ1) is 25.1. The van der Waals surface area contributed by atoms with E-state index in [1.54, 1.807) is 13.8 Å². The van der Waals surface area contributed by atoms with Gasteiger partial charge in [0.2, 0.25) is 0 Å². The number of carbonyl (C=O) groups is 2. The topological polar surface area (TPSA) is 149 Å². The van der Waals surface area contributed by atoms with E-state index in [4.69, 9.17) is 14.2 Å². The maximum absolute atomic E-state index is 15.0. The highest BCUT2D eigenvalue weighted by Gasteiger charge is 2.57. The number of hydrogen-bond acceptors (Lipinski definition) is 10. The van der Waals surface area contributed by atoms with Crippen LogP contribution in [0, 0.1) is 11.8 Å². The normalized spacial score (nSPS) is 28.0. The third kappa shape index (κ3) is 5.87. The van der Waals surface area contributed by atoms with Crippen molar-refractivity contribution in [1.29, 1.82) is 0 Å². The zero-order valence-electron chi connectivity index (χ0n) is 18.6. The number of esters is 2. The summed E-state index contributed by atoms with van der Waals surface area (Å²) < 4.78 is 30.9. The van der Waals surface area contributed by atoms with E-state index >= 15 is 4.39 Å². The number of carbonyl (C=O) groups excluding carboxylic acids is 2. The Morgan fingerprint density at radius 2 is 2.00 bits per heavy atom. The minimum absolute atomic E-state index is 0.0955. The Morgan fingerprint density at radius 3 is 2.64 bits per heavy atom. The predicted molar refractivity (Wildman–Crippen MR) is 111 cm³/mol. The van der Waals surface area contributed by atoms with Gasteiger partial charge in [0.15, 0.2) is 19.6 Å². The molecule has 1 aromatic rings. The van der Waals surface area contributed by atoms with Gasteiger partial charge in [-0.25, -0.2) is 9.18 Å². The molecule has 0 radical (unpaired) electrons. The van der Waals surface area contributed by atoms with E-state index < -0.39 is 48.5 Å². The van der Waals surface area contributed by atoms with Gasteiger partial charge in [0.25, 0.3) is 5.85 Å². The summed E-state index contributed by atoms with van der Waals surface area (Å²) in [5, 5.41) is 23.0. The number of halogens is 1. The fourth-order valence-corrected chi connectivity index (χ4v) is 3.77. The van der Waals surface area contributed by atoms with E-state index in [2.05, 4.69) is 10.3 Å². The Hall–Kier alpha value is -2.57. The number of aliphatic hydroxyl groups excluding tert-OH is 2. The number of aromatic nitrogens is 2. The molecule has 12 heteroatoms. The fourth-order valence-electron chi connectivity index (χ4n) is 3.77. The molecule has 3 N–H and O–H groups in total. The van der Waals surface area contributed by atoms with Crippen molar-refractivity contribution >= 4 is 17.8 Å². The van der Waals surface area contributed by atoms with Gasteiger partial charge in [-0.05, 0) is 18.9 Å². The summed E-state index contributed by atoms with van der Waals surface area (Å²) in [6, 6.07) is 1.34. The van der Waals surface area contributed by atoms with Crippen LogP contribution in [0.5, 0.6) is 0 Å². The molecule has 2 fully saturated rings. The number of nitrogens with one attached hydrogen (secondary N) is 1. The van der Waals surface area contributed by atoms with Crippen LogP contribution in [0.15, 0.2) is 17.1 Å². The first-order chi connectivity index (χ1) is 15.6. The molecule has 184 valence electrons. The lowest BCUT2D eigenvalue weighted by molar-refractivity contribution is -0.218. The molecule has 0 aromatic carbocycles. The third-order valence-electron chi connectivity index (χ3n) is 5.77. The molecule has 33 heavy (non-hydrogen) atoms. The molecular weight excluding hydrogens is 441 g/mol. The molecular formula is C21H30FN3O8. The SMILES string of the molecule is CC(C)C(=O)OC[C@@]1(F)O[C@@H](n2ccc(NCOC(=O)C3CCCCC3)nc2=O)[C@H](O)[C@@H]1O. The zero-order chi connectivity index (χ0) is 24.2. The van der Waals surface area contributed by atoms with Crippen LogP contribution >= 0.6 is 0 Å². The summed E-state index contributed by atoms with van der Waals surface area (Å²) in [6.45, 7) is 1.97. The minimum atomic E-state index is -2.90. The molecule has 4 atom stereocenters. The van der Waals surface area contributed by atoms with Crippen molar-refractivity contribution in [3.63, 3.8) is 0 Å². The Labute approximate surface area is 189 Å². The lowest BCUT2D eigenvalue weighted by atomic mass is 9.89. The Bertz CT molecular complexity index is 904. The van der Waals surface area contributed by atoms with E-state index in [1.165, 1.54) is 12.3 Å². The molecule has 2 heterocycles. The molecule has 1 saturated carbocycles. The van der Waals surface area contributed by atoms with Crippen molar-refractivity contribution in [2.45, 2.75) is 70.2 Å². The lowest BCUT2D eigenvalue weighted by Crippen LogP contribution is -2.43. The summed E-state index contributed by atoms with van der Waals surface area (Å²) in [5.41, 5.74) is -0.904. The van der Waals surface area contributed by atoms with Crippen LogP contribution in [-0.2, 0) is 23.8 Å². The van der Waals surface area contributed by atoms with Gasteiger partial charge in [0, 0.05) is 6.20 Å². The molecule has 0 amide bonds. The molecule has 3 rings (SSSR count). The van der Waals surface area contributed by atoms with Gasteiger partial charge < -0.3 is 29.7 Å². The number of hydrogen-bond donors (Lipinski definition) is 3. The lowest BCUT2D eigenvalue weighted by Gasteiger charge is -2.23. The summed E-state index contributed by atoms with van der Waals surface area (Å²) in [4.78, 5) is 39.8. The van der Waals surface area contributed by atoms with Crippen LogP contribution < -0.4 is 11.0 Å². The van der Waals surface area contributed by atoms with Crippen LogP contribution in [0.25, 0.3) is 0 Å². The van der Waals surface area contributed by atoms with Gasteiger partial charge >= 0.3 is 17.6 Å². The van der Waals surface area contributed by atoms with Gasteiger partial charge in [0.1, 0.15) is 18.0 Å².